The minimum absolute atomic E-state index is 0.294. The average molecular weight is 279 g/mol. The molecule has 1 heteroatoms. The van der Waals surface area contributed by atoms with Crippen molar-refractivity contribution in [1.29, 1.82) is 0 Å². The highest BCUT2D eigenvalue weighted by molar-refractivity contribution is 5.31. The lowest BCUT2D eigenvalue weighted by molar-refractivity contribution is 0.361. The summed E-state index contributed by atoms with van der Waals surface area (Å²) in [5, 5.41) is 3.89. The predicted molar refractivity (Wildman–Crippen MR) is 89.3 cm³/mol. The Morgan fingerprint density at radius 2 is 1.29 bits per heavy atom. The van der Waals surface area contributed by atoms with Crippen molar-refractivity contribution in [2.75, 3.05) is 0 Å². The minimum Gasteiger partial charge on any atom is -0.303 e. The number of benzene rings is 2. The summed E-state index contributed by atoms with van der Waals surface area (Å²) in [4.78, 5) is 0. The molecule has 1 nitrogen and oxygen atoms in total. The summed E-state index contributed by atoms with van der Waals surface area (Å²) in [6.07, 6.45) is 5.56. The number of hydrogen-bond donors (Lipinski definition) is 1. The van der Waals surface area contributed by atoms with Crippen LogP contribution in [0.2, 0.25) is 0 Å². The van der Waals surface area contributed by atoms with Crippen molar-refractivity contribution in [2.45, 2.75) is 44.7 Å². The Hall–Kier alpha value is -1.60. The van der Waals surface area contributed by atoms with Gasteiger partial charge in [-0.25, -0.2) is 0 Å². The molecule has 0 radical (unpaired) electrons. The summed E-state index contributed by atoms with van der Waals surface area (Å²) in [6, 6.07) is 22.5. The van der Waals surface area contributed by atoms with Crippen LogP contribution in [0.1, 0.15) is 49.8 Å². The summed E-state index contributed by atoms with van der Waals surface area (Å²) in [5.41, 5.74) is 2.71. The van der Waals surface area contributed by atoms with Crippen LogP contribution in [0.5, 0.6) is 0 Å². The Bertz CT molecular complexity index is 489. The first kappa shape index (κ1) is 14.3. The van der Waals surface area contributed by atoms with E-state index in [1.807, 2.05) is 0 Å². The van der Waals surface area contributed by atoms with Crippen LogP contribution in [0.4, 0.5) is 0 Å². The average Bonchev–Trinajstić information content (AvgIpc) is 3.09. The van der Waals surface area contributed by atoms with E-state index in [4.69, 9.17) is 0 Å². The van der Waals surface area contributed by atoms with Crippen LogP contribution >= 0.6 is 0 Å². The van der Waals surface area contributed by atoms with Crippen LogP contribution in [0.15, 0.2) is 60.7 Å². The van der Waals surface area contributed by atoms with E-state index in [1.54, 1.807) is 0 Å². The maximum atomic E-state index is 3.89. The van der Waals surface area contributed by atoms with Crippen LogP contribution in [0, 0.1) is 5.92 Å². The van der Waals surface area contributed by atoms with Gasteiger partial charge in [-0.05, 0) is 36.8 Å². The molecule has 1 fully saturated rings. The van der Waals surface area contributed by atoms with Crippen molar-refractivity contribution >= 4 is 0 Å². The van der Waals surface area contributed by atoms with E-state index in [1.165, 1.54) is 36.8 Å². The summed E-state index contributed by atoms with van der Waals surface area (Å²) in [5.74, 6) is 0.833. The fourth-order valence-corrected chi connectivity index (χ4v) is 3.53. The normalized spacial score (nSPS) is 17.2. The van der Waals surface area contributed by atoms with Crippen molar-refractivity contribution in [3.05, 3.63) is 71.8 Å². The molecular formula is C20H25N. The van der Waals surface area contributed by atoms with Gasteiger partial charge in [0.1, 0.15) is 0 Å². The highest BCUT2D eigenvalue weighted by atomic mass is 15.0. The third kappa shape index (κ3) is 3.54. The highest BCUT2D eigenvalue weighted by Crippen LogP contribution is 2.30. The number of nitrogens with one attached hydrogen (secondary N) is 1. The third-order valence-electron chi connectivity index (χ3n) is 4.80. The molecule has 0 heterocycles. The minimum atomic E-state index is 0.294. The smallest absolute Gasteiger partial charge is 0.0578 e. The molecule has 0 amide bonds. The first-order valence-electron chi connectivity index (χ1n) is 8.20. The topological polar surface area (TPSA) is 12.0 Å². The Labute approximate surface area is 128 Å². The zero-order valence-electron chi connectivity index (χ0n) is 12.8. The lowest BCUT2D eigenvalue weighted by Crippen LogP contribution is -2.36. The molecule has 0 aromatic heterocycles. The molecule has 0 saturated heterocycles. The van der Waals surface area contributed by atoms with Crippen molar-refractivity contribution in [3.63, 3.8) is 0 Å². The Morgan fingerprint density at radius 1 is 0.810 bits per heavy atom. The third-order valence-corrected chi connectivity index (χ3v) is 4.80. The van der Waals surface area contributed by atoms with E-state index in [-0.39, 0.29) is 0 Å². The molecular weight excluding hydrogens is 254 g/mol. The molecule has 110 valence electrons. The zero-order chi connectivity index (χ0) is 14.5. The Balaban J connectivity index is 1.82. The van der Waals surface area contributed by atoms with Crippen LogP contribution in [0.3, 0.4) is 0 Å². The number of hydrogen-bond acceptors (Lipinski definition) is 1. The Kier molecular flexibility index (Phi) is 4.72. The Morgan fingerprint density at radius 3 is 1.76 bits per heavy atom. The van der Waals surface area contributed by atoms with Gasteiger partial charge in [0.25, 0.3) is 0 Å². The molecule has 2 aromatic carbocycles. The van der Waals surface area contributed by atoms with Gasteiger partial charge in [0.2, 0.25) is 0 Å². The monoisotopic (exact) mass is 279 g/mol. The first-order valence-corrected chi connectivity index (χ1v) is 8.20. The fourth-order valence-electron chi connectivity index (χ4n) is 3.53. The van der Waals surface area contributed by atoms with E-state index in [0.29, 0.717) is 12.1 Å². The molecule has 1 atom stereocenters. The van der Waals surface area contributed by atoms with Gasteiger partial charge >= 0.3 is 0 Å². The summed E-state index contributed by atoms with van der Waals surface area (Å²) in [7, 11) is 0. The summed E-state index contributed by atoms with van der Waals surface area (Å²) < 4.78 is 0. The summed E-state index contributed by atoms with van der Waals surface area (Å²) >= 11 is 0. The van der Waals surface area contributed by atoms with Crippen molar-refractivity contribution in [3.8, 4) is 0 Å². The second-order valence-electron chi connectivity index (χ2n) is 6.25. The maximum Gasteiger partial charge on any atom is 0.0578 e. The predicted octanol–water partition coefficient (Wildman–Crippen LogP) is 4.94. The van der Waals surface area contributed by atoms with Gasteiger partial charge < -0.3 is 5.32 Å². The standard InChI is InChI=1S/C20H25N/c1-16(17-10-8-9-11-17)21-20(18-12-4-2-5-13-18)19-14-6-3-7-15-19/h2-7,12-17,20-21H,8-11H2,1H3/t16-/m0/s1. The SMILES string of the molecule is C[C@H](NC(c1ccccc1)c1ccccc1)C1CCCC1. The molecule has 1 aliphatic carbocycles. The molecule has 21 heavy (non-hydrogen) atoms. The van der Waals surface area contributed by atoms with Crippen molar-refractivity contribution in [2.24, 2.45) is 5.92 Å². The van der Waals surface area contributed by atoms with Gasteiger partial charge in [0.05, 0.1) is 6.04 Å². The molecule has 1 aliphatic rings. The van der Waals surface area contributed by atoms with E-state index >= 15 is 0 Å². The van der Waals surface area contributed by atoms with Gasteiger partial charge in [0, 0.05) is 6.04 Å². The second-order valence-corrected chi connectivity index (χ2v) is 6.25. The first-order chi connectivity index (χ1) is 10.3. The maximum absolute atomic E-state index is 3.89. The van der Waals surface area contributed by atoms with Gasteiger partial charge in [-0.2, -0.15) is 0 Å². The zero-order valence-corrected chi connectivity index (χ0v) is 12.8. The largest absolute Gasteiger partial charge is 0.303 e. The molecule has 0 aliphatic heterocycles. The second kappa shape index (κ2) is 6.91. The highest BCUT2D eigenvalue weighted by Gasteiger charge is 2.24. The molecule has 1 saturated carbocycles. The molecule has 0 spiro atoms. The molecule has 0 bridgehead atoms. The van der Waals surface area contributed by atoms with Crippen LogP contribution in [-0.2, 0) is 0 Å². The van der Waals surface area contributed by atoms with E-state index < -0.39 is 0 Å². The lowest BCUT2D eigenvalue weighted by atomic mass is 9.94. The van der Waals surface area contributed by atoms with Gasteiger partial charge in [-0.3, -0.25) is 0 Å². The van der Waals surface area contributed by atoms with Gasteiger partial charge in [0.15, 0.2) is 0 Å². The molecule has 1 N–H and O–H groups in total. The van der Waals surface area contributed by atoms with E-state index in [9.17, 15) is 0 Å². The van der Waals surface area contributed by atoms with Crippen LogP contribution in [0.25, 0.3) is 0 Å². The molecule has 3 rings (SSSR count). The van der Waals surface area contributed by atoms with Gasteiger partial charge in [-0.1, -0.05) is 73.5 Å². The molecule has 0 unspecified atom stereocenters. The van der Waals surface area contributed by atoms with Crippen LogP contribution < -0.4 is 5.32 Å². The number of rotatable bonds is 5. The quantitative estimate of drug-likeness (QED) is 0.817. The van der Waals surface area contributed by atoms with Gasteiger partial charge in [-0.15, -0.1) is 0 Å². The van der Waals surface area contributed by atoms with Crippen molar-refractivity contribution < 1.29 is 0 Å². The summed E-state index contributed by atoms with van der Waals surface area (Å²) in [6.45, 7) is 2.36. The van der Waals surface area contributed by atoms with E-state index in [0.717, 1.165) is 5.92 Å². The van der Waals surface area contributed by atoms with Crippen molar-refractivity contribution in [1.82, 2.24) is 5.32 Å². The van der Waals surface area contributed by atoms with E-state index in [2.05, 4.69) is 72.9 Å². The lowest BCUT2D eigenvalue weighted by Gasteiger charge is -2.28. The van der Waals surface area contributed by atoms with Crippen LogP contribution in [-0.4, -0.2) is 6.04 Å². The fraction of sp³-hybridized carbons (Fsp3) is 0.400. The molecule has 2 aromatic rings.